The van der Waals surface area contributed by atoms with E-state index in [9.17, 15) is 18.3 Å². The van der Waals surface area contributed by atoms with Gasteiger partial charge in [0.05, 0.1) is 36.2 Å². The molecule has 0 radical (unpaired) electrons. The second-order valence-corrected chi connectivity index (χ2v) is 15.2. The third-order valence-corrected chi connectivity index (χ3v) is 10.8. The van der Waals surface area contributed by atoms with Gasteiger partial charge in [0.25, 0.3) is 0 Å². The van der Waals surface area contributed by atoms with Crippen LogP contribution in [-0.4, -0.2) is 91.5 Å². The number of pyridine rings is 1. The molecule has 268 valence electrons. The summed E-state index contributed by atoms with van der Waals surface area (Å²) in [6.07, 6.45) is 0.645. The summed E-state index contributed by atoms with van der Waals surface area (Å²) in [5, 5.41) is 22.6. The molecule has 0 bridgehead atoms. The molecule has 2 aromatic heterocycles. The van der Waals surface area contributed by atoms with Crippen LogP contribution < -0.4 is 10.6 Å². The monoisotopic (exact) mass is 707 g/mol. The maximum absolute atomic E-state index is 14.2. The van der Waals surface area contributed by atoms with Crippen LogP contribution in [0.15, 0.2) is 82.3 Å². The number of rotatable bonds is 16. The van der Waals surface area contributed by atoms with Gasteiger partial charge < -0.3 is 34.5 Å². The highest BCUT2D eigenvalue weighted by atomic mass is 32.2. The van der Waals surface area contributed by atoms with Crippen LogP contribution in [-0.2, 0) is 43.6 Å². The molecule has 4 heterocycles. The van der Waals surface area contributed by atoms with Crippen LogP contribution in [0.5, 0.6) is 0 Å². The molecule has 0 aliphatic carbocycles. The lowest BCUT2D eigenvalue weighted by Crippen LogP contribution is -2.51. The van der Waals surface area contributed by atoms with Gasteiger partial charge in [-0.3, -0.25) is 4.98 Å². The molecule has 0 unspecified atom stereocenters. The quantitative estimate of drug-likeness (QED) is 0.146. The van der Waals surface area contributed by atoms with Crippen molar-refractivity contribution in [3.8, 4) is 0 Å². The van der Waals surface area contributed by atoms with Gasteiger partial charge in [0.2, 0.25) is 10.0 Å². The Balaban J connectivity index is 1.17. The highest BCUT2D eigenvalue weighted by Gasteiger charge is 2.44. The molecule has 2 aromatic carbocycles. The minimum Gasteiger partial charge on any atom is -0.443 e. The number of aliphatic hydroxyl groups is 1. The smallest absolute Gasteiger partial charge is 0.407 e. The number of carbonyl (C=O) groups is 1. The zero-order chi connectivity index (χ0) is 35.1. The molecule has 6 rings (SSSR count). The summed E-state index contributed by atoms with van der Waals surface area (Å²) >= 11 is 0. The van der Waals surface area contributed by atoms with E-state index >= 15 is 0 Å². The Hall–Kier alpha value is -3.92. The maximum atomic E-state index is 14.2. The number of nitrogens with zero attached hydrogens (tertiary/aromatic N) is 3. The number of sulfonamides is 1. The first-order chi connectivity index (χ1) is 24.2. The highest BCUT2D eigenvalue weighted by Crippen LogP contribution is 2.33. The zero-order valence-corrected chi connectivity index (χ0v) is 29.1. The Morgan fingerprint density at radius 1 is 1.08 bits per heavy atom. The molecule has 1 amide bonds. The highest BCUT2D eigenvalue weighted by molar-refractivity contribution is 7.89. The average Bonchev–Trinajstić information content (AvgIpc) is 3.84. The number of fused-ring (bicyclic) bond motifs is 2. The molecule has 0 spiro atoms. The van der Waals surface area contributed by atoms with Gasteiger partial charge in [-0.1, -0.05) is 55.4 Å². The van der Waals surface area contributed by atoms with Gasteiger partial charge in [-0.2, -0.15) is 4.31 Å². The Bertz CT molecular complexity index is 1810. The lowest BCUT2D eigenvalue weighted by Gasteiger charge is -2.31. The van der Waals surface area contributed by atoms with Crippen molar-refractivity contribution >= 4 is 27.1 Å². The largest absolute Gasteiger partial charge is 0.443 e. The lowest BCUT2D eigenvalue weighted by molar-refractivity contribution is -0.0907. The minimum atomic E-state index is -4.10. The molecule has 13 nitrogen and oxygen atoms in total. The summed E-state index contributed by atoms with van der Waals surface area (Å²) in [7, 11) is -4.10. The fourth-order valence-corrected chi connectivity index (χ4v) is 8.06. The second-order valence-electron chi connectivity index (χ2n) is 13.2. The van der Waals surface area contributed by atoms with E-state index in [1.807, 2.05) is 62.4 Å². The van der Waals surface area contributed by atoms with Crippen molar-refractivity contribution in [3.63, 3.8) is 0 Å². The number of aromatic nitrogens is 2. The molecule has 4 aromatic rings. The Labute approximate surface area is 292 Å². The van der Waals surface area contributed by atoms with Crippen molar-refractivity contribution in [2.75, 3.05) is 32.8 Å². The normalized spacial score (nSPS) is 20.3. The number of hydrogen-bond donors (Lipinski definition) is 3. The van der Waals surface area contributed by atoms with Gasteiger partial charge in [0.1, 0.15) is 11.8 Å². The molecule has 50 heavy (non-hydrogen) atoms. The van der Waals surface area contributed by atoms with Crippen LogP contribution in [0, 0.1) is 11.8 Å². The van der Waals surface area contributed by atoms with Crippen molar-refractivity contribution < 1.29 is 37.1 Å². The molecular formula is C36H45N5O8S. The van der Waals surface area contributed by atoms with E-state index in [0.717, 1.165) is 24.1 Å². The summed E-state index contributed by atoms with van der Waals surface area (Å²) in [6.45, 7) is 5.51. The molecule has 3 N–H and O–H groups in total. The average molecular weight is 708 g/mol. The molecule has 2 fully saturated rings. The molecule has 14 heteroatoms. The summed E-state index contributed by atoms with van der Waals surface area (Å²) in [4.78, 5) is 17.6. The number of alkyl carbamates (subject to hydrolysis) is 1. The summed E-state index contributed by atoms with van der Waals surface area (Å²) in [5.41, 5.74) is 2.88. The first-order valence-corrected chi connectivity index (χ1v) is 18.5. The van der Waals surface area contributed by atoms with Crippen molar-refractivity contribution in [3.05, 3.63) is 89.9 Å². The Kier molecular flexibility index (Phi) is 11.8. The van der Waals surface area contributed by atoms with Crippen LogP contribution in [0.25, 0.3) is 11.0 Å². The van der Waals surface area contributed by atoms with Gasteiger partial charge in [0, 0.05) is 49.9 Å². The van der Waals surface area contributed by atoms with Crippen LogP contribution in [0.1, 0.15) is 37.2 Å². The fourth-order valence-electron chi connectivity index (χ4n) is 6.41. The SMILES string of the molecule is CC(C)CN(C[C@@H](O)[C@H](Cc1ccccc1)NC(=O)O[C@H]1CO[C@H]2OCC[C@H]21)S(=O)(=O)c1ccc2onc(CNCCc3ccccn3)c2c1. The Morgan fingerprint density at radius 3 is 2.68 bits per heavy atom. The lowest BCUT2D eigenvalue weighted by atomic mass is 10.0. The van der Waals surface area contributed by atoms with Gasteiger partial charge in [-0.15, -0.1) is 0 Å². The van der Waals surface area contributed by atoms with Gasteiger partial charge in [0.15, 0.2) is 11.9 Å². The number of benzene rings is 2. The standard InChI is InChI=1S/C36H45N5O8S/c1-24(2)21-41(50(44,45)27-11-12-33-29(19-27)31(40-49-33)20-37-16-13-26-10-6-7-15-38-26)22-32(42)30(18-25-8-4-3-5-9-25)39-36(43)48-34-23-47-35-28(34)14-17-46-35/h3-12,15,19,24,28,30,32,34-35,37,42H,13-14,16-18,20-23H2,1-2H3,(H,39,43)/t28-,30-,32+,34-,35+/m0/s1. The second kappa shape index (κ2) is 16.4. The van der Waals surface area contributed by atoms with Gasteiger partial charge in [-0.05, 0) is 54.7 Å². The number of aliphatic hydroxyl groups excluding tert-OH is 1. The minimum absolute atomic E-state index is 0.0458. The van der Waals surface area contributed by atoms with Crippen LogP contribution in [0.2, 0.25) is 0 Å². The number of nitrogens with one attached hydrogen (secondary N) is 2. The molecule has 2 aliphatic heterocycles. The van der Waals surface area contributed by atoms with Crippen molar-refractivity contribution in [1.82, 2.24) is 25.1 Å². The predicted octanol–water partition coefficient (Wildman–Crippen LogP) is 3.66. The van der Waals surface area contributed by atoms with Gasteiger partial charge >= 0.3 is 6.09 Å². The number of carbonyl (C=O) groups excluding carboxylic acids is 1. The number of hydrogen-bond acceptors (Lipinski definition) is 11. The Morgan fingerprint density at radius 2 is 1.90 bits per heavy atom. The van der Waals surface area contributed by atoms with E-state index in [1.54, 1.807) is 18.3 Å². The molecule has 5 atom stereocenters. The fraction of sp³-hybridized carbons (Fsp3) is 0.472. The molecule has 2 saturated heterocycles. The van der Waals surface area contributed by atoms with Crippen molar-refractivity contribution in [2.45, 2.75) is 69.1 Å². The van der Waals surface area contributed by atoms with E-state index < -0.39 is 34.4 Å². The van der Waals surface area contributed by atoms with Crippen molar-refractivity contribution in [1.29, 1.82) is 0 Å². The molecule has 2 aliphatic rings. The molecule has 0 saturated carbocycles. The zero-order valence-electron chi connectivity index (χ0n) is 28.3. The predicted molar refractivity (Wildman–Crippen MR) is 184 cm³/mol. The van der Waals surface area contributed by atoms with E-state index in [4.69, 9.17) is 18.7 Å². The maximum Gasteiger partial charge on any atom is 0.407 e. The molecular weight excluding hydrogens is 662 g/mol. The number of ether oxygens (including phenoxy) is 3. The summed E-state index contributed by atoms with van der Waals surface area (Å²) < 4.78 is 52.1. The van der Waals surface area contributed by atoms with E-state index in [2.05, 4.69) is 20.8 Å². The van der Waals surface area contributed by atoms with Gasteiger partial charge in [-0.25, -0.2) is 13.2 Å². The van der Waals surface area contributed by atoms with Crippen LogP contribution in [0.3, 0.4) is 0 Å². The van der Waals surface area contributed by atoms with E-state index in [-0.39, 0.29) is 49.1 Å². The van der Waals surface area contributed by atoms with Crippen LogP contribution >= 0.6 is 0 Å². The number of amides is 1. The third kappa shape index (κ3) is 8.86. The first-order valence-electron chi connectivity index (χ1n) is 17.1. The van der Waals surface area contributed by atoms with E-state index in [0.29, 0.717) is 36.4 Å². The van der Waals surface area contributed by atoms with Crippen LogP contribution in [0.4, 0.5) is 4.79 Å². The summed E-state index contributed by atoms with van der Waals surface area (Å²) in [5.74, 6) is -0.0971. The first kappa shape index (κ1) is 35.9. The van der Waals surface area contributed by atoms with E-state index in [1.165, 1.54) is 10.4 Å². The van der Waals surface area contributed by atoms with Crippen molar-refractivity contribution in [2.24, 2.45) is 11.8 Å². The topological polar surface area (TPSA) is 165 Å². The third-order valence-electron chi connectivity index (χ3n) is 9.00. The summed E-state index contributed by atoms with van der Waals surface area (Å²) in [6, 6.07) is 19.0.